The fourth-order valence-corrected chi connectivity index (χ4v) is 3.02. The molecule has 1 nitrogen and oxygen atoms in total. The van der Waals surface area contributed by atoms with Crippen molar-refractivity contribution in [2.45, 2.75) is 0 Å². The third-order valence-corrected chi connectivity index (χ3v) is 4.12. The number of rotatable bonds is 2. The maximum Gasteiger partial charge on any atom is 0.124 e. The van der Waals surface area contributed by atoms with E-state index >= 15 is 0 Å². The van der Waals surface area contributed by atoms with E-state index in [4.69, 9.17) is 0 Å². The van der Waals surface area contributed by atoms with Crippen molar-refractivity contribution < 1.29 is 0 Å². The monoisotopic (exact) mass is 314 g/mol. The topological polar surface area (TPSA) is 12.9 Å². The third kappa shape index (κ3) is 2.24. The first-order valence-electron chi connectivity index (χ1n) is 5.51. The fourth-order valence-electron chi connectivity index (χ4n) is 1.83. The molecular formula is C15H9BrNS. The van der Waals surface area contributed by atoms with Crippen LogP contribution in [0.25, 0.3) is 21.7 Å². The van der Waals surface area contributed by atoms with E-state index in [2.05, 4.69) is 57.4 Å². The van der Waals surface area contributed by atoms with Gasteiger partial charge in [0.25, 0.3) is 0 Å². The average molecular weight is 315 g/mol. The molecule has 18 heavy (non-hydrogen) atoms. The van der Waals surface area contributed by atoms with Crippen LogP contribution in [0.1, 0.15) is 0 Å². The lowest BCUT2D eigenvalue weighted by Crippen LogP contribution is -1.82. The normalized spacial score (nSPS) is 10.5. The average Bonchev–Trinajstić information content (AvgIpc) is 2.93. The number of benzene rings is 2. The molecule has 1 radical (unpaired) electrons. The number of hydrogen-bond donors (Lipinski definition) is 0. The summed E-state index contributed by atoms with van der Waals surface area (Å²) in [4.78, 5) is 4.20. The first-order valence-corrected chi connectivity index (χ1v) is 7.19. The van der Waals surface area contributed by atoms with Crippen molar-refractivity contribution in [1.29, 1.82) is 0 Å². The SMILES string of the molecule is Brc1cc(-c2n[c]cs2)ccc1-c1ccccc1. The summed E-state index contributed by atoms with van der Waals surface area (Å²) in [7, 11) is 0. The predicted octanol–water partition coefficient (Wildman–Crippen LogP) is 5.04. The Labute approximate surface area is 118 Å². The molecule has 0 aliphatic carbocycles. The van der Waals surface area contributed by atoms with Crippen LogP contribution in [0.2, 0.25) is 0 Å². The van der Waals surface area contributed by atoms with E-state index in [-0.39, 0.29) is 0 Å². The molecule has 1 heterocycles. The number of hydrogen-bond acceptors (Lipinski definition) is 2. The molecule has 3 heteroatoms. The lowest BCUT2D eigenvalue weighted by Gasteiger charge is -2.06. The molecule has 0 spiro atoms. The zero-order valence-corrected chi connectivity index (χ0v) is 11.8. The summed E-state index contributed by atoms with van der Waals surface area (Å²) >= 11 is 5.23. The van der Waals surface area contributed by atoms with E-state index in [1.165, 1.54) is 11.1 Å². The highest BCUT2D eigenvalue weighted by molar-refractivity contribution is 9.10. The van der Waals surface area contributed by atoms with Crippen LogP contribution in [0, 0.1) is 6.20 Å². The lowest BCUT2D eigenvalue weighted by atomic mass is 10.0. The van der Waals surface area contributed by atoms with Crippen molar-refractivity contribution in [1.82, 2.24) is 4.98 Å². The van der Waals surface area contributed by atoms with E-state index in [0.29, 0.717) is 0 Å². The van der Waals surface area contributed by atoms with E-state index in [9.17, 15) is 0 Å². The molecule has 0 saturated carbocycles. The minimum atomic E-state index is 0.996. The minimum absolute atomic E-state index is 0.996. The second-order valence-electron chi connectivity index (χ2n) is 3.84. The molecule has 0 aliphatic heterocycles. The van der Waals surface area contributed by atoms with Crippen LogP contribution in [0.3, 0.4) is 0 Å². The standard InChI is InChI=1S/C15H9BrNS/c16-14-10-12(15-17-8-9-18-15)6-7-13(14)11-4-2-1-3-5-11/h1-7,9-10H. The molecule has 0 aliphatic rings. The molecule has 87 valence electrons. The Bertz CT molecular complexity index is 648. The summed E-state index contributed by atoms with van der Waals surface area (Å²) in [5.41, 5.74) is 3.52. The van der Waals surface area contributed by atoms with E-state index in [1.54, 1.807) is 11.3 Å². The summed E-state index contributed by atoms with van der Waals surface area (Å²) < 4.78 is 1.08. The number of thiazole rings is 1. The van der Waals surface area contributed by atoms with Crippen LogP contribution in [0.4, 0.5) is 0 Å². The van der Waals surface area contributed by atoms with E-state index in [1.807, 2.05) is 23.6 Å². The zero-order valence-electron chi connectivity index (χ0n) is 9.43. The van der Waals surface area contributed by atoms with Crippen LogP contribution in [-0.2, 0) is 0 Å². The largest absolute Gasteiger partial charge is 0.234 e. The summed E-state index contributed by atoms with van der Waals surface area (Å²) in [6, 6.07) is 16.7. The molecule has 0 bridgehead atoms. The minimum Gasteiger partial charge on any atom is -0.234 e. The van der Waals surface area contributed by atoms with Gasteiger partial charge >= 0.3 is 0 Å². The first-order chi connectivity index (χ1) is 8.84. The second kappa shape index (κ2) is 5.04. The lowest BCUT2D eigenvalue weighted by molar-refractivity contribution is 1.39. The third-order valence-electron chi connectivity index (χ3n) is 2.69. The van der Waals surface area contributed by atoms with Crippen molar-refractivity contribution >= 4 is 27.3 Å². The van der Waals surface area contributed by atoms with E-state index in [0.717, 1.165) is 15.0 Å². The Kier molecular flexibility index (Phi) is 3.26. The molecule has 3 rings (SSSR count). The Hall–Kier alpha value is -1.45. The highest BCUT2D eigenvalue weighted by Gasteiger charge is 2.06. The first kappa shape index (κ1) is 11.6. The van der Waals surface area contributed by atoms with Gasteiger partial charge in [0.1, 0.15) is 11.2 Å². The number of aromatic nitrogens is 1. The molecule has 0 fully saturated rings. The van der Waals surface area contributed by atoms with Gasteiger partial charge in [-0.1, -0.05) is 58.4 Å². The van der Waals surface area contributed by atoms with Crippen LogP contribution in [0.15, 0.2) is 58.4 Å². The quantitative estimate of drug-likeness (QED) is 0.645. The molecular weight excluding hydrogens is 306 g/mol. The maximum absolute atomic E-state index is 4.20. The van der Waals surface area contributed by atoms with Crippen LogP contribution in [0.5, 0.6) is 0 Å². The molecule has 0 unspecified atom stereocenters. The van der Waals surface area contributed by atoms with Gasteiger partial charge in [0.05, 0.1) is 0 Å². The zero-order chi connectivity index (χ0) is 12.4. The Balaban J connectivity index is 2.05. The summed E-state index contributed by atoms with van der Waals surface area (Å²) in [6.45, 7) is 0. The Morgan fingerprint density at radius 2 is 1.83 bits per heavy atom. The van der Waals surface area contributed by atoms with Gasteiger partial charge < -0.3 is 0 Å². The van der Waals surface area contributed by atoms with Gasteiger partial charge in [0.2, 0.25) is 0 Å². The Morgan fingerprint density at radius 3 is 2.50 bits per heavy atom. The fraction of sp³-hybridized carbons (Fsp3) is 0. The smallest absolute Gasteiger partial charge is 0.124 e. The van der Waals surface area contributed by atoms with E-state index < -0.39 is 0 Å². The van der Waals surface area contributed by atoms with Gasteiger partial charge in [-0.2, -0.15) is 0 Å². The Morgan fingerprint density at radius 1 is 1.00 bits per heavy atom. The van der Waals surface area contributed by atoms with Crippen LogP contribution < -0.4 is 0 Å². The summed E-state index contributed by atoms with van der Waals surface area (Å²) in [5.74, 6) is 0. The molecule has 2 aromatic carbocycles. The van der Waals surface area contributed by atoms with Crippen LogP contribution >= 0.6 is 27.3 Å². The molecule has 0 amide bonds. The van der Waals surface area contributed by atoms with Gasteiger partial charge in [-0.25, -0.2) is 4.98 Å². The van der Waals surface area contributed by atoms with Gasteiger partial charge in [-0.15, -0.1) is 11.3 Å². The van der Waals surface area contributed by atoms with Gasteiger partial charge in [0, 0.05) is 15.4 Å². The predicted molar refractivity (Wildman–Crippen MR) is 79.5 cm³/mol. The summed E-state index contributed by atoms with van der Waals surface area (Å²) in [6.07, 6.45) is 2.85. The molecule has 0 N–H and O–H groups in total. The summed E-state index contributed by atoms with van der Waals surface area (Å²) in [5, 5.41) is 2.87. The van der Waals surface area contributed by atoms with Crippen molar-refractivity contribution in [3.05, 3.63) is 64.6 Å². The molecule has 0 saturated heterocycles. The van der Waals surface area contributed by atoms with Gasteiger partial charge in [-0.05, 0) is 17.2 Å². The molecule has 0 atom stereocenters. The van der Waals surface area contributed by atoms with Crippen molar-refractivity contribution in [3.8, 4) is 21.7 Å². The van der Waals surface area contributed by atoms with Gasteiger partial charge in [-0.3, -0.25) is 0 Å². The molecule has 1 aromatic heterocycles. The van der Waals surface area contributed by atoms with Crippen molar-refractivity contribution in [3.63, 3.8) is 0 Å². The highest BCUT2D eigenvalue weighted by atomic mass is 79.9. The van der Waals surface area contributed by atoms with Crippen molar-refractivity contribution in [2.75, 3.05) is 0 Å². The number of halogens is 1. The number of nitrogens with zero attached hydrogens (tertiary/aromatic N) is 1. The maximum atomic E-state index is 4.20. The second-order valence-corrected chi connectivity index (χ2v) is 5.55. The van der Waals surface area contributed by atoms with Crippen molar-refractivity contribution in [2.24, 2.45) is 0 Å². The highest BCUT2D eigenvalue weighted by Crippen LogP contribution is 2.32. The van der Waals surface area contributed by atoms with Gasteiger partial charge in [0.15, 0.2) is 0 Å². The van der Waals surface area contributed by atoms with Crippen LogP contribution in [-0.4, -0.2) is 4.98 Å². The molecule has 3 aromatic rings.